The average molecular weight is 200 g/mol. The molecule has 1 aliphatic heterocycles. The molecule has 0 amide bonds. The van der Waals surface area contributed by atoms with E-state index >= 15 is 0 Å². The summed E-state index contributed by atoms with van der Waals surface area (Å²) in [5.74, 6) is 0. The second-order valence-corrected chi connectivity index (χ2v) is 4.19. The Morgan fingerprint density at radius 2 is 2.36 bits per heavy atom. The normalized spacial score (nSPS) is 24.4. The fraction of sp³-hybridized carbons (Fsp3) is 1.00. The van der Waals surface area contributed by atoms with Gasteiger partial charge in [0.1, 0.15) is 0 Å². The van der Waals surface area contributed by atoms with Gasteiger partial charge in [0.2, 0.25) is 0 Å². The highest BCUT2D eigenvalue weighted by atomic mass is 16.5. The largest absolute Gasteiger partial charge is 0.377 e. The van der Waals surface area contributed by atoms with Gasteiger partial charge in [-0.2, -0.15) is 0 Å². The van der Waals surface area contributed by atoms with Crippen molar-refractivity contribution in [1.29, 1.82) is 0 Å². The van der Waals surface area contributed by atoms with Crippen molar-refractivity contribution < 1.29 is 4.74 Å². The number of rotatable bonds is 6. The van der Waals surface area contributed by atoms with Crippen molar-refractivity contribution in [3.8, 4) is 0 Å². The van der Waals surface area contributed by atoms with Crippen LogP contribution in [0.3, 0.4) is 0 Å². The van der Waals surface area contributed by atoms with Crippen molar-refractivity contribution >= 4 is 0 Å². The molecule has 0 bridgehead atoms. The van der Waals surface area contributed by atoms with Crippen LogP contribution in [-0.4, -0.2) is 43.8 Å². The van der Waals surface area contributed by atoms with E-state index in [9.17, 15) is 0 Å². The van der Waals surface area contributed by atoms with E-state index in [-0.39, 0.29) is 0 Å². The maximum atomic E-state index is 5.80. The standard InChI is InChI=1S/C11H24N2O/c1-3-4-7-13(2)10(9-12)11-6-5-8-14-11/h10-11H,3-9,12H2,1-2H3. The van der Waals surface area contributed by atoms with Gasteiger partial charge >= 0.3 is 0 Å². The van der Waals surface area contributed by atoms with Crippen LogP contribution in [0.1, 0.15) is 32.6 Å². The van der Waals surface area contributed by atoms with E-state index in [4.69, 9.17) is 10.5 Å². The molecule has 1 fully saturated rings. The minimum atomic E-state index is 0.377. The van der Waals surface area contributed by atoms with Gasteiger partial charge in [-0.05, 0) is 32.9 Å². The molecular weight excluding hydrogens is 176 g/mol. The number of likely N-dealkylation sites (N-methyl/N-ethyl adjacent to an activating group) is 1. The fourth-order valence-electron chi connectivity index (χ4n) is 2.09. The molecule has 0 spiro atoms. The van der Waals surface area contributed by atoms with Gasteiger partial charge in [-0.15, -0.1) is 0 Å². The Morgan fingerprint density at radius 3 is 2.86 bits per heavy atom. The molecule has 0 aromatic heterocycles. The highest BCUT2D eigenvalue weighted by molar-refractivity contribution is 4.82. The summed E-state index contributed by atoms with van der Waals surface area (Å²) in [7, 11) is 2.16. The van der Waals surface area contributed by atoms with Crippen LogP contribution in [0.4, 0.5) is 0 Å². The SMILES string of the molecule is CCCCN(C)C(CN)C1CCCO1. The van der Waals surface area contributed by atoms with Gasteiger partial charge in [-0.25, -0.2) is 0 Å². The molecule has 1 saturated heterocycles. The molecule has 84 valence electrons. The van der Waals surface area contributed by atoms with Crippen molar-refractivity contribution in [2.75, 3.05) is 26.7 Å². The van der Waals surface area contributed by atoms with Crippen LogP contribution in [0.5, 0.6) is 0 Å². The lowest BCUT2D eigenvalue weighted by atomic mass is 10.1. The van der Waals surface area contributed by atoms with Crippen molar-refractivity contribution in [2.24, 2.45) is 5.73 Å². The van der Waals surface area contributed by atoms with Crippen molar-refractivity contribution in [1.82, 2.24) is 4.90 Å². The molecular formula is C11H24N2O. The third-order valence-corrected chi connectivity index (χ3v) is 3.07. The summed E-state index contributed by atoms with van der Waals surface area (Å²) in [5, 5.41) is 0. The van der Waals surface area contributed by atoms with E-state index in [1.807, 2.05) is 0 Å². The van der Waals surface area contributed by atoms with Gasteiger partial charge in [0.05, 0.1) is 6.10 Å². The zero-order valence-corrected chi connectivity index (χ0v) is 9.54. The van der Waals surface area contributed by atoms with Crippen LogP contribution in [0.25, 0.3) is 0 Å². The van der Waals surface area contributed by atoms with E-state index in [0.29, 0.717) is 18.7 Å². The Kier molecular flexibility index (Phi) is 5.45. The summed E-state index contributed by atoms with van der Waals surface area (Å²) in [6.45, 7) is 4.99. The Balaban J connectivity index is 2.34. The summed E-state index contributed by atoms with van der Waals surface area (Å²) >= 11 is 0. The van der Waals surface area contributed by atoms with Crippen LogP contribution in [0.2, 0.25) is 0 Å². The lowest BCUT2D eigenvalue weighted by Crippen LogP contribution is -2.46. The van der Waals surface area contributed by atoms with Crippen molar-refractivity contribution in [3.05, 3.63) is 0 Å². The third kappa shape index (κ3) is 3.23. The molecule has 0 radical (unpaired) electrons. The minimum Gasteiger partial charge on any atom is -0.377 e. The van der Waals surface area contributed by atoms with E-state index in [1.54, 1.807) is 0 Å². The monoisotopic (exact) mass is 200 g/mol. The Bertz CT molecular complexity index is 146. The highest BCUT2D eigenvalue weighted by Crippen LogP contribution is 2.18. The first kappa shape index (κ1) is 12.0. The molecule has 0 aromatic rings. The molecule has 0 saturated carbocycles. The first-order valence-corrected chi connectivity index (χ1v) is 5.81. The summed E-state index contributed by atoms with van der Waals surface area (Å²) < 4.78 is 5.69. The van der Waals surface area contributed by atoms with Crippen molar-refractivity contribution in [3.63, 3.8) is 0 Å². The first-order chi connectivity index (χ1) is 6.79. The topological polar surface area (TPSA) is 38.5 Å². The fourth-order valence-corrected chi connectivity index (χ4v) is 2.09. The van der Waals surface area contributed by atoms with Crippen LogP contribution in [0, 0.1) is 0 Å². The lowest BCUT2D eigenvalue weighted by Gasteiger charge is -2.31. The molecule has 2 unspecified atom stereocenters. The molecule has 1 heterocycles. The third-order valence-electron chi connectivity index (χ3n) is 3.07. The Morgan fingerprint density at radius 1 is 1.57 bits per heavy atom. The number of nitrogens with zero attached hydrogens (tertiary/aromatic N) is 1. The van der Waals surface area contributed by atoms with Crippen LogP contribution >= 0.6 is 0 Å². The number of unbranched alkanes of at least 4 members (excludes halogenated alkanes) is 1. The lowest BCUT2D eigenvalue weighted by molar-refractivity contribution is 0.0370. The molecule has 0 aliphatic carbocycles. The first-order valence-electron chi connectivity index (χ1n) is 5.81. The molecule has 1 rings (SSSR count). The van der Waals surface area contributed by atoms with Gasteiger partial charge in [0.25, 0.3) is 0 Å². The number of nitrogens with two attached hydrogens (primary N) is 1. The summed E-state index contributed by atoms with van der Waals surface area (Å²) in [4.78, 5) is 2.36. The smallest absolute Gasteiger partial charge is 0.0743 e. The second-order valence-electron chi connectivity index (χ2n) is 4.19. The molecule has 2 atom stereocenters. The van der Waals surface area contributed by atoms with E-state index < -0.39 is 0 Å². The van der Waals surface area contributed by atoms with Crippen LogP contribution in [0.15, 0.2) is 0 Å². The molecule has 2 N–H and O–H groups in total. The quantitative estimate of drug-likeness (QED) is 0.701. The van der Waals surface area contributed by atoms with E-state index in [0.717, 1.165) is 13.2 Å². The van der Waals surface area contributed by atoms with Gasteiger partial charge in [-0.1, -0.05) is 13.3 Å². The highest BCUT2D eigenvalue weighted by Gasteiger charge is 2.27. The number of hydrogen-bond donors (Lipinski definition) is 1. The zero-order chi connectivity index (χ0) is 10.4. The van der Waals surface area contributed by atoms with E-state index in [1.165, 1.54) is 25.7 Å². The summed E-state index contributed by atoms with van der Waals surface area (Å²) in [6, 6.07) is 0.420. The predicted molar refractivity (Wildman–Crippen MR) is 59.4 cm³/mol. The molecule has 14 heavy (non-hydrogen) atoms. The molecule has 0 aromatic carbocycles. The predicted octanol–water partition coefficient (Wildman–Crippen LogP) is 1.22. The van der Waals surface area contributed by atoms with Gasteiger partial charge < -0.3 is 10.5 Å². The second kappa shape index (κ2) is 6.38. The van der Waals surface area contributed by atoms with Gasteiger partial charge in [0.15, 0.2) is 0 Å². The Labute approximate surface area is 87.6 Å². The number of hydrogen-bond acceptors (Lipinski definition) is 3. The van der Waals surface area contributed by atoms with Gasteiger partial charge in [0, 0.05) is 19.2 Å². The zero-order valence-electron chi connectivity index (χ0n) is 9.54. The minimum absolute atomic E-state index is 0.377. The Hall–Kier alpha value is -0.120. The molecule has 3 heteroatoms. The van der Waals surface area contributed by atoms with E-state index in [2.05, 4.69) is 18.9 Å². The maximum Gasteiger partial charge on any atom is 0.0743 e. The number of ether oxygens (including phenoxy) is 1. The summed E-state index contributed by atoms with van der Waals surface area (Å²) in [6.07, 6.45) is 5.25. The molecule has 1 aliphatic rings. The van der Waals surface area contributed by atoms with Crippen molar-refractivity contribution in [2.45, 2.75) is 44.8 Å². The maximum absolute atomic E-state index is 5.80. The summed E-state index contributed by atoms with van der Waals surface area (Å²) in [5.41, 5.74) is 5.80. The van der Waals surface area contributed by atoms with Gasteiger partial charge in [-0.3, -0.25) is 4.90 Å². The average Bonchev–Trinajstić information content (AvgIpc) is 2.69. The van der Waals surface area contributed by atoms with Crippen LogP contribution in [-0.2, 0) is 4.74 Å². The molecule has 3 nitrogen and oxygen atoms in total. The van der Waals surface area contributed by atoms with Crippen LogP contribution < -0.4 is 5.73 Å².